The predicted molar refractivity (Wildman–Crippen MR) is 84.7 cm³/mol. The van der Waals surface area contributed by atoms with Gasteiger partial charge in [0.1, 0.15) is 5.75 Å². The third-order valence-corrected chi connectivity index (χ3v) is 3.49. The Balaban J connectivity index is 2.21. The number of nitrogens with zero attached hydrogens (tertiary/aromatic N) is 1. The van der Waals surface area contributed by atoms with Crippen molar-refractivity contribution in [3.63, 3.8) is 0 Å². The summed E-state index contributed by atoms with van der Waals surface area (Å²) >= 11 is 0. The Kier molecular flexibility index (Phi) is 5.17. The van der Waals surface area contributed by atoms with Crippen LogP contribution in [-0.2, 0) is 12.6 Å². The highest BCUT2D eigenvalue weighted by Crippen LogP contribution is 2.35. The van der Waals surface area contributed by atoms with Crippen LogP contribution < -0.4 is 10.9 Å². The summed E-state index contributed by atoms with van der Waals surface area (Å²) in [7, 11) is 0. The average Bonchev–Trinajstić information content (AvgIpc) is 2.59. The van der Waals surface area contributed by atoms with Gasteiger partial charge in [0.15, 0.2) is 0 Å². The maximum Gasteiger partial charge on any atom is 0.418 e. The minimum atomic E-state index is -4.69. The van der Waals surface area contributed by atoms with Crippen LogP contribution in [0.25, 0.3) is 0 Å². The molecule has 0 unspecified atom stereocenters. The molecule has 25 heavy (non-hydrogen) atoms. The third-order valence-electron chi connectivity index (χ3n) is 3.49. The summed E-state index contributed by atoms with van der Waals surface area (Å²) in [4.78, 5) is 12.1. The highest BCUT2D eigenvalue weighted by Gasteiger charge is 2.34. The smallest absolute Gasteiger partial charge is 0.418 e. The van der Waals surface area contributed by atoms with Crippen LogP contribution in [0, 0.1) is 11.3 Å². The molecule has 0 saturated carbocycles. The van der Waals surface area contributed by atoms with Gasteiger partial charge in [0.05, 0.1) is 22.9 Å². The van der Waals surface area contributed by atoms with Crippen LogP contribution in [0.2, 0.25) is 0 Å². The van der Waals surface area contributed by atoms with Crippen molar-refractivity contribution in [2.75, 3.05) is 5.43 Å². The zero-order chi connectivity index (χ0) is 18.6. The maximum absolute atomic E-state index is 13.1. The molecule has 0 bridgehead atoms. The number of anilines is 1. The average molecular weight is 349 g/mol. The monoisotopic (exact) mass is 349 g/mol. The number of aryl methyl sites for hydroxylation is 1. The minimum absolute atomic E-state index is 0.0402. The number of carbonyl (C=O) groups is 1. The highest BCUT2D eigenvalue weighted by molar-refractivity contribution is 5.95. The molecule has 3 N–H and O–H groups in total. The van der Waals surface area contributed by atoms with Gasteiger partial charge >= 0.3 is 6.18 Å². The lowest BCUT2D eigenvalue weighted by Gasteiger charge is -2.15. The topological polar surface area (TPSA) is 85.2 Å². The van der Waals surface area contributed by atoms with Crippen LogP contribution in [0.4, 0.5) is 18.9 Å². The molecular weight excluding hydrogens is 335 g/mol. The fraction of sp³-hybridized carbons (Fsp3) is 0.176. The van der Waals surface area contributed by atoms with Gasteiger partial charge in [-0.1, -0.05) is 6.92 Å². The van der Waals surface area contributed by atoms with Crippen molar-refractivity contribution in [2.45, 2.75) is 19.5 Å². The number of hydrogen-bond donors (Lipinski definition) is 3. The van der Waals surface area contributed by atoms with Gasteiger partial charge in [-0.15, -0.1) is 0 Å². The molecule has 0 fully saturated rings. The standard InChI is InChI=1S/C17H14F3N3O2/c1-2-11-8-12(4-6-15(11)24)16(25)23-22-14-5-3-10(9-21)7-13(14)17(18,19)20/h3-8,22,24H,2H2,1H3,(H,23,25). The minimum Gasteiger partial charge on any atom is -0.508 e. The van der Waals surface area contributed by atoms with Gasteiger partial charge in [0.25, 0.3) is 5.91 Å². The fourth-order valence-corrected chi connectivity index (χ4v) is 2.16. The summed E-state index contributed by atoms with van der Waals surface area (Å²) in [6, 6.07) is 8.76. The van der Waals surface area contributed by atoms with Gasteiger partial charge in [0.2, 0.25) is 0 Å². The van der Waals surface area contributed by atoms with Crippen LogP contribution in [0.15, 0.2) is 36.4 Å². The molecule has 2 rings (SSSR count). The molecule has 0 saturated heterocycles. The van der Waals surface area contributed by atoms with Gasteiger partial charge in [0, 0.05) is 5.56 Å². The summed E-state index contributed by atoms with van der Waals surface area (Å²) in [6.07, 6.45) is -4.19. The molecule has 8 heteroatoms. The number of halogens is 3. The van der Waals surface area contributed by atoms with Gasteiger partial charge in [-0.05, 0) is 48.4 Å². The van der Waals surface area contributed by atoms with Crippen molar-refractivity contribution in [2.24, 2.45) is 0 Å². The largest absolute Gasteiger partial charge is 0.508 e. The van der Waals surface area contributed by atoms with E-state index in [1.54, 1.807) is 13.0 Å². The number of phenolic OH excluding ortho intramolecular Hbond substituents is 1. The van der Waals surface area contributed by atoms with Crippen LogP contribution in [0.1, 0.15) is 34.0 Å². The van der Waals surface area contributed by atoms with Crippen molar-refractivity contribution >= 4 is 11.6 Å². The van der Waals surface area contributed by atoms with Crippen LogP contribution >= 0.6 is 0 Å². The first kappa shape index (κ1) is 18.1. The van der Waals surface area contributed by atoms with Crippen LogP contribution in [0.3, 0.4) is 0 Å². The first-order chi connectivity index (χ1) is 11.8. The lowest BCUT2D eigenvalue weighted by molar-refractivity contribution is -0.137. The second-order valence-electron chi connectivity index (χ2n) is 5.15. The Hall–Kier alpha value is -3.21. The number of amides is 1. The zero-order valence-electron chi connectivity index (χ0n) is 13.1. The molecule has 1 amide bonds. The quantitative estimate of drug-likeness (QED) is 0.736. The SMILES string of the molecule is CCc1cc(C(=O)NNc2ccc(C#N)cc2C(F)(F)F)ccc1O. The molecule has 0 spiro atoms. The van der Waals surface area contributed by atoms with E-state index in [1.165, 1.54) is 24.3 Å². The number of rotatable bonds is 4. The zero-order valence-corrected chi connectivity index (χ0v) is 13.1. The normalized spacial score (nSPS) is 10.8. The van der Waals surface area contributed by atoms with Crippen LogP contribution in [0.5, 0.6) is 5.75 Å². The van der Waals surface area contributed by atoms with E-state index in [9.17, 15) is 23.1 Å². The molecule has 0 aliphatic heterocycles. The van der Waals surface area contributed by atoms with E-state index >= 15 is 0 Å². The number of hydrazine groups is 1. The summed E-state index contributed by atoms with van der Waals surface area (Å²) in [5, 5.41) is 18.3. The number of carbonyl (C=O) groups excluding carboxylic acids is 1. The maximum atomic E-state index is 13.1. The molecule has 0 aliphatic rings. The first-order valence-electron chi connectivity index (χ1n) is 7.26. The summed E-state index contributed by atoms with van der Waals surface area (Å²) in [5.74, 6) is -0.620. The van der Waals surface area contributed by atoms with E-state index in [4.69, 9.17) is 5.26 Å². The molecule has 0 atom stereocenters. The lowest BCUT2D eigenvalue weighted by Crippen LogP contribution is -2.30. The van der Waals surface area contributed by atoms with E-state index < -0.39 is 17.6 Å². The van der Waals surface area contributed by atoms with E-state index in [0.717, 1.165) is 6.07 Å². The Bertz CT molecular complexity index is 842. The Labute approximate surface area is 141 Å². The first-order valence-corrected chi connectivity index (χ1v) is 7.26. The van der Waals surface area contributed by atoms with Crippen LogP contribution in [-0.4, -0.2) is 11.0 Å². The fourth-order valence-electron chi connectivity index (χ4n) is 2.16. The van der Waals surface area contributed by atoms with Crippen molar-refractivity contribution in [3.05, 3.63) is 58.7 Å². The molecule has 2 aromatic rings. The predicted octanol–water partition coefficient (Wildman–Crippen LogP) is 3.60. The van der Waals surface area contributed by atoms with E-state index in [0.29, 0.717) is 18.1 Å². The molecule has 0 aromatic heterocycles. The van der Waals surface area contributed by atoms with E-state index in [1.807, 2.05) is 0 Å². The molecule has 5 nitrogen and oxygen atoms in total. The Morgan fingerprint density at radius 2 is 1.96 bits per heavy atom. The Morgan fingerprint density at radius 3 is 2.56 bits per heavy atom. The molecular formula is C17H14F3N3O2. The van der Waals surface area contributed by atoms with Gasteiger partial charge in [-0.2, -0.15) is 18.4 Å². The van der Waals surface area contributed by atoms with Crippen molar-refractivity contribution in [3.8, 4) is 11.8 Å². The van der Waals surface area contributed by atoms with Crippen molar-refractivity contribution < 1.29 is 23.1 Å². The summed E-state index contributed by atoms with van der Waals surface area (Å²) < 4.78 is 39.2. The number of aromatic hydroxyl groups is 1. The molecule has 0 radical (unpaired) electrons. The molecule has 0 heterocycles. The van der Waals surface area contributed by atoms with Crippen molar-refractivity contribution in [1.29, 1.82) is 5.26 Å². The number of benzene rings is 2. The Morgan fingerprint density at radius 1 is 1.24 bits per heavy atom. The van der Waals surface area contributed by atoms with Gasteiger partial charge in [-0.25, -0.2) is 0 Å². The summed E-state index contributed by atoms with van der Waals surface area (Å²) in [6.45, 7) is 1.79. The van der Waals surface area contributed by atoms with Crippen molar-refractivity contribution in [1.82, 2.24) is 5.43 Å². The second kappa shape index (κ2) is 7.13. The number of alkyl halides is 3. The van der Waals surface area contributed by atoms with E-state index in [2.05, 4.69) is 10.9 Å². The van der Waals surface area contributed by atoms with Gasteiger partial charge in [-0.3, -0.25) is 15.6 Å². The lowest BCUT2D eigenvalue weighted by atomic mass is 10.1. The van der Waals surface area contributed by atoms with E-state index in [-0.39, 0.29) is 22.6 Å². The van der Waals surface area contributed by atoms with Gasteiger partial charge < -0.3 is 5.11 Å². The molecule has 2 aromatic carbocycles. The third kappa shape index (κ3) is 4.20. The summed E-state index contributed by atoms with van der Waals surface area (Å²) in [5.41, 5.74) is 3.55. The number of nitrogens with one attached hydrogen (secondary N) is 2. The molecule has 0 aliphatic carbocycles. The second-order valence-corrected chi connectivity index (χ2v) is 5.15. The number of phenols is 1. The molecule has 130 valence electrons. The highest BCUT2D eigenvalue weighted by atomic mass is 19.4. The number of hydrogen-bond acceptors (Lipinski definition) is 4. The number of nitriles is 1.